The second-order valence-corrected chi connectivity index (χ2v) is 1.72. The highest BCUT2D eigenvalue weighted by atomic mass is 16.5. The summed E-state index contributed by atoms with van der Waals surface area (Å²) in [4.78, 5) is 20.2. The van der Waals surface area contributed by atoms with Crippen LogP contribution in [0.2, 0.25) is 0 Å². The van der Waals surface area contributed by atoms with E-state index in [1.165, 1.54) is 13.8 Å². The van der Waals surface area contributed by atoms with E-state index < -0.39 is 11.9 Å². The fourth-order valence-electron chi connectivity index (χ4n) is 0.222. The van der Waals surface area contributed by atoms with Gasteiger partial charge < -0.3 is 9.84 Å². The van der Waals surface area contributed by atoms with Gasteiger partial charge in [0.2, 0.25) is 0 Å². The van der Waals surface area contributed by atoms with Gasteiger partial charge in [-0.15, -0.1) is 0 Å². The quantitative estimate of drug-likeness (QED) is 0.349. The summed E-state index contributed by atoms with van der Waals surface area (Å²) >= 11 is 0. The smallest absolute Gasteiger partial charge is 0.334 e. The van der Waals surface area contributed by atoms with Crippen molar-refractivity contribution in [3.05, 3.63) is 11.8 Å². The van der Waals surface area contributed by atoms with E-state index in [2.05, 4.69) is 4.74 Å². The Hall–Kier alpha value is -1.32. The molecule has 0 heterocycles. The molecule has 0 unspecified atom stereocenters. The first-order valence-corrected chi connectivity index (χ1v) is 2.61. The molecule has 0 amide bonds. The van der Waals surface area contributed by atoms with Crippen molar-refractivity contribution >= 4 is 11.9 Å². The van der Waals surface area contributed by atoms with Gasteiger partial charge in [-0.3, -0.25) is 4.79 Å². The van der Waals surface area contributed by atoms with Crippen molar-refractivity contribution in [3.8, 4) is 0 Å². The summed E-state index contributed by atoms with van der Waals surface area (Å²) in [5.74, 6) is -1.62. The van der Waals surface area contributed by atoms with Crippen molar-refractivity contribution in [1.82, 2.24) is 0 Å². The number of carbonyl (C=O) groups excluding carboxylic acids is 1. The standard InChI is InChI=1S/C6H8O4/c1-4(6(8)9)3-10-5(2)7/h3H,1-2H3,(H,8,9)/b4-3+. The molecule has 56 valence electrons. The van der Waals surface area contributed by atoms with Gasteiger partial charge in [0.15, 0.2) is 0 Å². The molecule has 0 aliphatic heterocycles. The summed E-state index contributed by atoms with van der Waals surface area (Å²) < 4.78 is 4.28. The molecule has 0 saturated carbocycles. The summed E-state index contributed by atoms with van der Waals surface area (Å²) in [6.45, 7) is 2.54. The molecule has 0 aromatic rings. The lowest BCUT2D eigenvalue weighted by Crippen LogP contribution is -1.99. The Kier molecular flexibility index (Phi) is 3.17. The van der Waals surface area contributed by atoms with E-state index in [4.69, 9.17) is 5.11 Å². The first-order valence-electron chi connectivity index (χ1n) is 2.61. The molecule has 0 aliphatic rings. The lowest BCUT2D eigenvalue weighted by atomic mass is 10.3. The third-order valence-electron chi connectivity index (χ3n) is 0.739. The second kappa shape index (κ2) is 3.66. The molecule has 0 aromatic carbocycles. The third-order valence-corrected chi connectivity index (χ3v) is 0.739. The Morgan fingerprint density at radius 3 is 2.20 bits per heavy atom. The molecular weight excluding hydrogens is 136 g/mol. The molecule has 0 bridgehead atoms. The maximum atomic E-state index is 10.1. The van der Waals surface area contributed by atoms with Crippen LogP contribution in [-0.4, -0.2) is 17.0 Å². The second-order valence-electron chi connectivity index (χ2n) is 1.72. The molecule has 1 N–H and O–H groups in total. The highest BCUT2D eigenvalue weighted by Gasteiger charge is 1.99. The van der Waals surface area contributed by atoms with Crippen LogP contribution < -0.4 is 0 Å². The van der Waals surface area contributed by atoms with E-state index in [1.54, 1.807) is 0 Å². The third kappa shape index (κ3) is 3.65. The van der Waals surface area contributed by atoms with Crippen LogP contribution in [0.1, 0.15) is 13.8 Å². The molecule has 0 radical (unpaired) electrons. The molecule has 4 heteroatoms. The minimum absolute atomic E-state index is 0.00444. The molecule has 4 nitrogen and oxygen atoms in total. The molecule has 0 fully saturated rings. The van der Waals surface area contributed by atoms with E-state index in [0.29, 0.717) is 0 Å². The molecule has 10 heavy (non-hydrogen) atoms. The van der Waals surface area contributed by atoms with Crippen molar-refractivity contribution in [3.63, 3.8) is 0 Å². The summed E-state index contributed by atoms with van der Waals surface area (Å²) in [6, 6.07) is 0. The van der Waals surface area contributed by atoms with E-state index in [0.717, 1.165) is 6.26 Å². The predicted octanol–water partition coefficient (Wildman–Crippen LogP) is 0.538. The fraction of sp³-hybridized carbons (Fsp3) is 0.333. The van der Waals surface area contributed by atoms with Crippen molar-refractivity contribution < 1.29 is 19.4 Å². The zero-order valence-corrected chi connectivity index (χ0v) is 5.75. The van der Waals surface area contributed by atoms with Gasteiger partial charge in [0, 0.05) is 6.92 Å². The van der Waals surface area contributed by atoms with Crippen molar-refractivity contribution in [1.29, 1.82) is 0 Å². The Bertz CT molecular complexity index is 180. The van der Waals surface area contributed by atoms with Crippen LogP contribution in [0, 0.1) is 0 Å². The van der Waals surface area contributed by atoms with Crippen LogP contribution >= 0.6 is 0 Å². The van der Waals surface area contributed by atoms with Crippen LogP contribution in [-0.2, 0) is 14.3 Å². The predicted molar refractivity (Wildman–Crippen MR) is 33.2 cm³/mol. The van der Waals surface area contributed by atoms with E-state index in [9.17, 15) is 9.59 Å². The first kappa shape index (κ1) is 8.68. The summed E-state index contributed by atoms with van der Waals surface area (Å²) in [7, 11) is 0. The van der Waals surface area contributed by atoms with E-state index in [-0.39, 0.29) is 5.57 Å². The number of rotatable bonds is 2. The van der Waals surface area contributed by atoms with Gasteiger partial charge in [0.25, 0.3) is 0 Å². The molecule has 0 saturated heterocycles. The van der Waals surface area contributed by atoms with Crippen LogP contribution in [0.3, 0.4) is 0 Å². The van der Waals surface area contributed by atoms with Crippen LogP contribution in [0.5, 0.6) is 0 Å². The molecule has 0 spiro atoms. The monoisotopic (exact) mass is 144 g/mol. The zero-order chi connectivity index (χ0) is 8.15. The maximum Gasteiger partial charge on any atom is 0.334 e. The number of ether oxygens (including phenoxy) is 1. The van der Waals surface area contributed by atoms with Gasteiger partial charge in [0.1, 0.15) is 6.26 Å². The van der Waals surface area contributed by atoms with Crippen LogP contribution in [0.25, 0.3) is 0 Å². The Morgan fingerprint density at radius 2 is 1.90 bits per heavy atom. The van der Waals surface area contributed by atoms with Gasteiger partial charge in [-0.25, -0.2) is 4.79 Å². The summed E-state index contributed by atoms with van der Waals surface area (Å²) in [6.07, 6.45) is 0.907. The van der Waals surface area contributed by atoms with Crippen molar-refractivity contribution in [2.45, 2.75) is 13.8 Å². The number of aliphatic carboxylic acids is 1. The Morgan fingerprint density at radius 1 is 1.40 bits per heavy atom. The Labute approximate surface area is 58.1 Å². The largest absolute Gasteiger partial charge is 0.478 e. The molecule has 0 rings (SSSR count). The van der Waals surface area contributed by atoms with Crippen LogP contribution in [0.15, 0.2) is 11.8 Å². The van der Waals surface area contributed by atoms with Crippen molar-refractivity contribution in [2.24, 2.45) is 0 Å². The minimum atomic E-state index is -1.10. The minimum Gasteiger partial charge on any atom is -0.478 e. The summed E-state index contributed by atoms with van der Waals surface area (Å²) in [5, 5.41) is 8.24. The maximum absolute atomic E-state index is 10.1. The number of carboxylic acid groups (broad SMARTS) is 1. The number of hydrogen-bond acceptors (Lipinski definition) is 3. The first-order chi connectivity index (χ1) is 4.54. The van der Waals surface area contributed by atoms with Crippen LogP contribution in [0.4, 0.5) is 0 Å². The number of carbonyl (C=O) groups is 2. The van der Waals surface area contributed by atoms with Crippen molar-refractivity contribution in [2.75, 3.05) is 0 Å². The normalized spacial score (nSPS) is 10.8. The van der Waals surface area contributed by atoms with E-state index >= 15 is 0 Å². The summed E-state index contributed by atoms with van der Waals surface area (Å²) in [5.41, 5.74) is -0.00444. The lowest BCUT2D eigenvalue weighted by Gasteiger charge is -1.92. The van der Waals surface area contributed by atoms with Gasteiger partial charge in [-0.1, -0.05) is 0 Å². The lowest BCUT2D eigenvalue weighted by molar-refractivity contribution is -0.135. The molecule has 0 atom stereocenters. The fourth-order valence-corrected chi connectivity index (χ4v) is 0.222. The molecule has 0 aliphatic carbocycles. The number of esters is 1. The average molecular weight is 144 g/mol. The van der Waals surface area contributed by atoms with Gasteiger partial charge in [0.05, 0.1) is 5.57 Å². The SMILES string of the molecule is CC(=O)O/C=C(\C)C(=O)O. The molecular formula is C6H8O4. The average Bonchev–Trinajstić information content (AvgIpc) is 1.82. The highest BCUT2D eigenvalue weighted by molar-refractivity contribution is 5.85. The molecule has 0 aromatic heterocycles. The van der Waals surface area contributed by atoms with Gasteiger partial charge in [-0.2, -0.15) is 0 Å². The van der Waals surface area contributed by atoms with Gasteiger partial charge >= 0.3 is 11.9 Å². The van der Waals surface area contributed by atoms with E-state index in [1.807, 2.05) is 0 Å². The zero-order valence-electron chi connectivity index (χ0n) is 5.75. The Balaban J connectivity index is 3.92. The number of hydrogen-bond donors (Lipinski definition) is 1. The number of carboxylic acids is 1. The topological polar surface area (TPSA) is 63.6 Å². The highest BCUT2D eigenvalue weighted by Crippen LogP contribution is 1.92. The van der Waals surface area contributed by atoms with Gasteiger partial charge in [-0.05, 0) is 6.92 Å².